The minimum Gasteiger partial charge on any atom is -0.335 e. The van der Waals surface area contributed by atoms with E-state index in [0.717, 1.165) is 25.3 Å². The van der Waals surface area contributed by atoms with Crippen molar-refractivity contribution in [3.8, 4) is 0 Å². The lowest BCUT2D eigenvalue weighted by Gasteiger charge is -2.23. The Labute approximate surface area is 111 Å². The Morgan fingerprint density at radius 3 is 2.58 bits per heavy atom. The summed E-state index contributed by atoms with van der Waals surface area (Å²) in [5.74, 6) is -0.446. The minimum atomic E-state index is -0.582. The lowest BCUT2D eigenvalue weighted by Crippen LogP contribution is -2.34. The van der Waals surface area contributed by atoms with E-state index in [0.29, 0.717) is 11.5 Å². The number of rotatable bonds is 4. The molecule has 0 heterocycles. The van der Waals surface area contributed by atoms with Gasteiger partial charge in [-0.25, -0.2) is 8.78 Å². The first-order valence-electron chi connectivity index (χ1n) is 6.80. The predicted octanol–water partition coefficient (Wildman–Crippen LogP) is 3.11. The smallest absolute Gasteiger partial charge is 0.226 e. The van der Waals surface area contributed by atoms with Crippen molar-refractivity contribution in [2.24, 2.45) is 11.8 Å². The maximum absolute atomic E-state index is 13.7. The van der Waals surface area contributed by atoms with Gasteiger partial charge in [0.25, 0.3) is 0 Å². The van der Waals surface area contributed by atoms with Crippen LogP contribution in [0.1, 0.15) is 31.7 Å². The third kappa shape index (κ3) is 2.62. The largest absolute Gasteiger partial charge is 0.335 e. The Morgan fingerprint density at radius 2 is 2.05 bits per heavy atom. The molecule has 0 aromatic heterocycles. The van der Waals surface area contributed by atoms with Crippen molar-refractivity contribution in [2.45, 2.75) is 38.8 Å². The number of nitrogens with zero attached hydrogens (tertiary/aromatic N) is 1. The average molecular weight is 265 g/mol. The predicted molar refractivity (Wildman–Crippen MR) is 67.2 cm³/mol. The fourth-order valence-corrected chi connectivity index (χ4v) is 2.49. The summed E-state index contributed by atoms with van der Waals surface area (Å²) in [4.78, 5) is 14.1. The molecule has 4 heteroatoms. The zero-order chi connectivity index (χ0) is 13.6. The minimum absolute atomic E-state index is 0.115. The third-order valence-corrected chi connectivity index (χ3v) is 4.05. The molecule has 19 heavy (non-hydrogen) atoms. The second kappa shape index (κ2) is 4.58. The Balaban J connectivity index is 1.76. The third-order valence-electron chi connectivity index (χ3n) is 4.05. The van der Waals surface area contributed by atoms with Gasteiger partial charge in [0, 0.05) is 30.1 Å². The van der Waals surface area contributed by atoms with E-state index in [-0.39, 0.29) is 24.4 Å². The highest BCUT2D eigenvalue weighted by atomic mass is 19.1. The van der Waals surface area contributed by atoms with Crippen molar-refractivity contribution in [1.82, 2.24) is 4.90 Å². The maximum atomic E-state index is 13.7. The standard InChI is InChI=1S/C15H17F2NO/c1-9-6-13(9)15(19)18(12-4-5-12)8-10-2-3-11(16)7-14(10)17/h2-3,7,9,12-13H,4-6,8H2,1H3. The highest BCUT2D eigenvalue weighted by Crippen LogP contribution is 2.42. The molecule has 0 spiro atoms. The van der Waals surface area contributed by atoms with E-state index in [9.17, 15) is 13.6 Å². The van der Waals surface area contributed by atoms with Crippen LogP contribution in [0.5, 0.6) is 0 Å². The van der Waals surface area contributed by atoms with Crippen molar-refractivity contribution >= 4 is 5.91 Å². The van der Waals surface area contributed by atoms with Crippen LogP contribution in [-0.4, -0.2) is 16.8 Å². The first-order valence-corrected chi connectivity index (χ1v) is 6.80. The molecule has 2 aliphatic rings. The summed E-state index contributed by atoms with van der Waals surface area (Å²) in [5, 5.41) is 0. The second-order valence-electron chi connectivity index (χ2n) is 5.75. The molecule has 2 fully saturated rings. The molecule has 2 saturated carbocycles. The van der Waals surface area contributed by atoms with Crippen LogP contribution in [-0.2, 0) is 11.3 Å². The molecule has 0 N–H and O–H groups in total. The molecule has 2 aliphatic carbocycles. The molecule has 0 saturated heterocycles. The topological polar surface area (TPSA) is 20.3 Å². The van der Waals surface area contributed by atoms with Crippen LogP contribution >= 0.6 is 0 Å². The number of halogens is 2. The van der Waals surface area contributed by atoms with E-state index in [1.54, 1.807) is 4.90 Å². The number of hydrogen-bond donors (Lipinski definition) is 0. The van der Waals surface area contributed by atoms with Gasteiger partial charge in [-0.2, -0.15) is 0 Å². The van der Waals surface area contributed by atoms with Gasteiger partial charge in [0.05, 0.1) is 0 Å². The van der Waals surface area contributed by atoms with Gasteiger partial charge in [-0.1, -0.05) is 13.0 Å². The van der Waals surface area contributed by atoms with Gasteiger partial charge < -0.3 is 4.90 Å². The zero-order valence-corrected chi connectivity index (χ0v) is 10.9. The van der Waals surface area contributed by atoms with Crippen LogP contribution in [0.15, 0.2) is 18.2 Å². The summed E-state index contributed by atoms with van der Waals surface area (Å²) in [6.07, 6.45) is 2.93. The van der Waals surface area contributed by atoms with Crippen LogP contribution in [0.2, 0.25) is 0 Å². The fraction of sp³-hybridized carbons (Fsp3) is 0.533. The summed E-state index contributed by atoms with van der Waals surface area (Å²) in [6.45, 7) is 2.32. The molecule has 1 aromatic rings. The summed E-state index contributed by atoms with van der Waals surface area (Å²) in [5.41, 5.74) is 0.398. The van der Waals surface area contributed by atoms with E-state index in [1.807, 2.05) is 0 Å². The van der Waals surface area contributed by atoms with Gasteiger partial charge in [0.1, 0.15) is 11.6 Å². The van der Waals surface area contributed by atoms with Gasteiger partial charge in [-0.3, -0.25) is 4.79 Å². The molecule has 0 radical (unpaired) electrons. The number of carbonyl (C=O) groups is 1. The molecule has 2 atom stereocenters. The quantitative estimate of drug-likeness (QED) is 0.819. The zero-order valence-electron chi connectivity index (χ0n) is 10.9. The Hall–Kier alpha value is -1.45. The van der Waals surface area contributed by atoms with Crippen molar-refractivity contribution < 1.29 is 13.6 Å². The average Bonchev–Trinajstić information content (AvgIpc) is 3.23. The highest BCUT2D eigenvalue weighted by Gasteiger charge is 2.45. The van der Waals surface area contributed by atoms with E-state index < -0.39 is 11.6 Å². The highest BCUT2D eigenvalue weighted by molar-refractivity contribution is 5.82. The monoisotopic (exact) mass is 265 g/mol. The summed E-state index contributed by atoms with van der Waals surface area (Å²) >= 11 is 0. The van der Waals surface area contributed by atoms with Crippen molar-refractivity contribution in [1.29, 1.82) is 0 Å². The van der Waals surface area contributed by atoms with Crippen molar-refractivity contribution in [3.05, 3.63) is 35.4 Å². The SMILES string of the molecule is CC1CC1C(=O)N(Cc1ccc(F)cc1F)C1CC1. The van der Waals surface area contributed by atoms with E-state index in [2.05, 4.69) is 6.92 Å². The maximum Gasteiger partial charge on any atom is 0.226 e. The number of carbonyl (C=O) groups excluding carboxylic acids is 1. The first-order chi connectivity index (χ1) is 9.06. The molecule has 1 aromatic carbocycles. The Bertz CT molecular complexity index is 513. The lowest BCUT2D eigenvalue weighted by atomic mass is 10.1. The molecule has 2 nitrogen and oxygen atoms in total. The Morgan fingerprint density at radius 1 is 1.37 bits per heavy atom. The molecule has 1 amide bonds. The van der Waals surface area contributed by atoms with Crippen LogP contribution in [0.25, 0.3) is 0 Å². The van der Waals surface area contributed by atoms with Gasteiger partial charge >= 0.3 is 0 Å². The molecule has 3 rings (SSSR count). The van der Waals surface area contributed by atoms with Gasteiger partial charge in [-0.05, 0) is 31.2 Å². The van der Waals surface area contributed by atoms with E-state index in [4.69, 9.17) is 0 Å². The number of amides is 1. The number of benzene rings is 1. The normalized spacial score (nSPS) is 25.2. The van der Waals surface area contributed by atoms with Crippen molar-refractivity contribution in [3.63, 3.8) is 0 Å². The molecule has 0 aliphatic heterocycles. The van der Waals surface area contributed by atoms with Crippen LogP contribution in [0, 0.1) is 23.5 Å². The Kier molecular flexibility index (Phi) is 3.03. The van der Waals surface area contributed by atoms with Crippen LogP contribution in [0.4, 0.5) is 8.78 Å². The van der Waals surface area contributed by atoms with Crippen molar-refractivity contribution in [2.75, 3.05) is 0 Å². The lowest BCUT2D eigenvalue weighted by molar-refractivity contribution is -0.134. The summed E-state index contributed by atoms with van der Waals surface area (Å²) < 4.78 is 26.6. The molecular formula is C15H17F2NO. The van der Waals surface area contributed by atoms with Gasteiger partial charge in [0.15, 0.2) is 0 Å². The molecule has 0 bridgehead atoms. The fourth-order valence-electron chi connectivity index (χ4n) is 2.49. The van der Waals surface area contributed by atoms with Crippen LogP contribution in [0.3, 0.4) is 0 Å². The summed E-state index contributed by atoms with van der Waals surface area (Å²) in [6, 6.07) is 3.81. The molecule has 2 unspecified atom stereocenters. The summed E-state index contributed by atoms with van der Waals surface area (Å²) in [7, 11) is 0. The second-order valence-corrected chi connectivity index (χ2v) is 5.75. The number of hydrogen-bond acceptors (Lipinski definition) is 1. The van der Waals surface area contributed by atoms with Crippen LogP contribution < -0.4 is 0 Å². The van der Waals surface area contributed by atoms with E-state index in [1.165, 1.54) is 12.1 Å². The van der Waals surface area contributed by atoms with Gasteiger partial charge in [0.2, 0.25) is 5.91 Å². The van der Waals surface area contributed by atoms with E-state index >= 15 is 0 Å². The first kappa shape index (κ1) is 12.6. The van der Waals surface area contributed by atoms with Gasteiger partial charge in [-0.15, -0.1) is 0 Å². The molecular weight excluding hydrogens is 248 g/mol. The molecule has 102 valence electrons.